The van der Waals surface area contributed by atoms with E-state index in [1.54, 1.807) is 49.9 Å². The Bertz CT molecular complexity index is 915. The number of Topliss-reactive ketones (excluding diaryl/α,β-unsaturated/α-hetero) is 2. The Morgan fingerprint density at radius 1 is 0.478 bits per heavy atom. The molecule has 0 unspecified atom stereocenters. The maximum Gasteiger partial charge on any atom is 2.00 e. The second-order valence-electron chi connectivity index (χ2n) is 9.37. The molecule has 0 atom stereocenters. The summed E-state index contributed by atoms with van der Waals surface area (Å²) < 4.78 is 0. The van der Waals surface area contributed by atoms with Crippen LogP contribution in [0.5, 0.6) is 0 Å². The molecule has 0 aromatic heterocycles. The predicted molar refractivity (Wildman–Crippen MR) is 181 cm³/mol. The van der Waals surface area contributed by atoms with E-state index in [1.807, 2.05) is 89.9 Å². The zero-order chi connectivity index (χ0) is 31.2. The number of ketones is 2. The van der Waals surface area contributed by atoms with Crippen LogP contribution in [0.25, 0.3) is 0 Å². The first-order valence-corrected chi connectivity index (χ1v) is 16.5. The van der Waals surface area contributed by atoms with E-state index in [4.69, 9.17) is 0 Å². The van der Waals surface area contributed by atoms with Gasteiger partial charge in [-0.2, -0.15) is 23.5 Å². The number of hydrogen-bond acceptors (Lipinski definition) is 6. The Hall–Kier alpha value is -0.761. The van der Waals surface area contributed by atoms with Crippen LogP contribution in [0.1, 0.15) is 12.8 Å². The van der Waals surface area contributed by atoms with Crippen molar-refractivity contribution in [2.45, 2.75) is 12.8 Å². The van der Waals surface area contributed by atoms with Gasteiger partial charge >= 0.3 is 34.1 Å². The van der Waals surface area contributed by atoms with Crippen molar-refractivity contribution in [1.82, 2.24) is 0 Å². The summed E-state index contributed by atoms with van der Waals surface area (Å²) in [6.07, 6.45) is 35.2. The Balaban J connectivity index is 0.000000746. The normalized spacial score (nSPS) is 17.4. The summed E-state index contributed by atoms with van der Waals surface area (Å²) in [4.78, 5) is 48.7. The van der Waals surface area contributed by atoms with Gasteiger partial charge in [-0.3, -0.25) is 19.2 Å². The first-order valence-electron chi connectivity index (χ1n) is 14.2. The molecule has 238 valence electrons. The monoisotopic (exact) mass is 736 g/mol. The van der Waals surface area contributed by atoms with Crippen LogP contribution < -0.4 is 10.6 Å². The summed E-state index contributed by atoms with van der Waals surface area (Å²) >= 11 is 2.78. The van der Waals surface area contributed by atoms with Crippen molar-refractivity contribution in [2.75, 3.05) is 33.6 Å². The van der Waals surface area contributed by atoms with Crippen molar-refractivity contribution in [2.24, 2.45) is 0 Å². The maximum absolute atomic E-state index is 12.3. The van der Waals surface area contributed by atoms with Gasteiger partial charge in [-0.15, -0.1) is 0 Å². The molecule has 0 spiro atoms. The molecule has 46 heavy (non-hydrogen) atoms. The van der Waals surface area contributed by atoms with Gasteiger partial charge in [0.15, 0.2) is 0 Å². The third-order valence-electron chi connectivity index (χ3n) is 5.97. The zero-order valence-electron chi connectivity index (χ0n) is 25.1. The van der Waals surface area contributed by atoms with E-state index in [9.17, 15) is 19.2 Å². The van der Waals surface area contributed by atoms with E-state index >= 15 is 0 Å². The number of para-hydroxylation sites is 2. The van der Waals surface area contributed by atoms with Gasteiger partial charge in [-0.1, -0.05) is 12.1 Å². The van der Waals surface area contributed by atoms with Gasteiger partial charge in [0.25, 0.3) is 0 Å². The fourth-order valence-electron chi connectivity index (χ4n) is 3.78. The third kappa shape index (κ3) is 18.7. The van der Waals surface area contributed by atoms with Gasteiger partial charge in [0.2, 0.25) is 11.8 Å². The number of anilines is 2. The van der Waals surface area contributed by atoms with E-state index < -0.39 is 0 Å². The molecule has 1 aromatic carbocycles. The van der Waals surface area contributed by atoms with Crippen LogP contribution in [0.3, 0.4) is 0 Å². The molecule has 10 heteroatoms. The molecule has 0 saturated heterocycles. The predicted octanol–water partition coefficient (Wildman–Crippen LogP) is 5.80. The molecule has 20 radical (unpaired) electrons. The van der Waals surface area contributed by atoms with Gasteiger partial charge in [0.05, 0.1) is 22.9 Å². The molecule has 4 saturated carbocycles. The molecule has 0 bridgehead atoms. The number of amides is 2. The molecular formula is C36H36Fe2N2O4S2+4. The van der Waals surface area contributed by atoms with Gasteiger partial charge in [0.1, 0.15) is 11.6 Å². The van der Waals surface area contributed by atoms with Gasteiger partial charge in [-0.05, 0) is 128 Å². The van der Waals surface area contributed by atoms with Crippen LogP contribution in [0.4, 0.5) is 11.4 Å². The van der Waals surface area contributed by atoms with E-state index in [0.717, 1.165) is 0 Å². The Kier molecular flexibility index (Phi) is 25.5. The van der Waals surface area contributed by atoms with Crippen LogP contribution >= 0.6 is 23.5 Å². The standard InChI is InChI=1S/C26H26N2O4S2.2C5H5.2Fe/c29-23(19-7-1-2-8-19)13-15-33-17-25(31)27-21-11-5-6-12-22(21)28-26(32)18-34-16-14-24(30)20-9-3-4-10-20;2*1-2-4-5-3-1;;/h1-12H,13-18H2,(H,27,31)(H,28,32);2*1-5H;;/q;;;2*+2. The summed E-state index contributed by atoms with van der Waals surface area (Å²) in [5.41, 5.74) is 1.04. The second-order valence-corrected chi connectivity index (χ2v) is 11.6. The second kappa shape index (κ2) is 27.1. The molecule has 1 aromatic rings. The molecule has 0 aliphatic heterocycles. The average Bonchev–Trinajstić information content (AvgIpc) is 3.88. The minimum absolute atomic E-state index is 0. The van der Waals surface area contributed by atoms with E-state index in [1.165, 1.54) is 23.5 Å². The van der Waals surface area contributed by atoms with Crippen molar-refractivity contribution in [3.8, 4) is 0 Å². The van der Waals surface area contributed by atoms with Crippen LogP contribution in [-0.4, -0.2) is 46.4 Å². The van der Waals surface area contributed by atoms with E-state index in [2.05, 4.69) is 10.6 Å². The number of hydrogen-bond donors (Lipinski definition) is 2. The maximum atomic E-state index is 12.3. The number of carbonyl (C=O) groups is 4. The van der Waals surface area contributed by atoms with E-state index in [-0.39, 0.29) is 69.0 Å². The Morgan fingerprint density at radius 2 is 0.783 bits per heavy atom. The summed E-state index contributed by atoms with van der Waals surface area (Å²) in [6, 6.07) is 7.01. The van der Waals surface area contributed by atoms with Gasteiger partial charge in [-0.25, -0.2) is 0 Å². The largest absolute Gasteiger partial charge is 2.00 e. The minimum Gasteiger partial charge on any atom is -0.324 e. The molecule has 2 amide bonds. The third-order valence-corrected chi connectivity index (χ3v) is 7.89. The van der Waals surface area contributed by atoms with Crippen molar-refractivity contribution >= 4 is 58.3 Å². The smallest absolute Gasteiger partial charge is 0.324 e. The number of benzene rings is 1. The Labute approximate surface area is 308 Å². The average molecular weight is 737 g/mol. The van der Waals surface area contributed by atoms with Crippen molar-refractivity contribution in [1.29, 1.82) is 0 Å². The van der Waals surface area contributed by atoms with Crippen molar-refractivity contribution < 1.29 is 53.3 Å². The molecule has 2 N–H and O–H groups in total. The fraction of sp³-hybridized carbons (Fsp3) is 0.167. The molecule has 4 aliphatic carbocycles. The number of rotatable bonds is 14. The first kappa shape index (κ1) is 43.3. The summed E-state index contributed by atoms with van der Waals surface area (Å²) in [7, 11) is 0. The van der Waals surface area contributed by atoms with Crippen LogP contribution in [0.2, 0.25) is 0 Å². The fourth-order valence-corrected chi connectivity index (χ4v) is 5.25. The van der Waals surface area contributed by atoms with Crippen LogP contribution in [-0.2, 0) is 53.3 Å². The van der Waals surface area contributed by atoms with Gasteiger partial charge in [0, 0.05) is 36.2 Å². The van der Waals surface area contributed by atoms with Crippen molar-refractivity contribution in [3.05, 3.63) is 152 Å². The SMILES string of the molecule is O=C(CSCCC(=O)[C]1[CH][CH][CH][CH]1)Nc1ccccc1NC(=O)CSCCC(=O)[C]1[CH][CH][CH][CH]1.[CH]1[CH][CH][CH][CH]1.[CH]1[CH][CH][CH][CH]1.[Fe+2].[Fe+2]. The molecule has 4 fully saturated rings. The topological polar surface area (TPSA) is 92.3 Å². The zero-order valence-corrected chi connectivity index (χ0v) is 28.9. The molecule has 0 heterocycles. The number of thioether (sulfide) groups is 2. The molecule has 6 nitrogen and oxygen atoms in total. The molecule has 4 aliphatic rings. The summed E-state index contributed by atoms with van der Waals surface area (Å²) in [5, 5.41) is 5.64. The van der Waals surface area contributed by atoms with E-state index in [0.29, 0.717) is 47.6 Å². The first-order chi connectivity index (χ1) is 21.5. The van der Waals surface area contributed by atoms with Crippen LogP contribution in [0, 0.1) is 127 Å². The van der Waals surface area contributed by atoms with Gasteiger partial charge < -0.3 is 10.6 Å². The quantitative estimate of drug-likeness (QED) is 0.186. The summed E-state index contributed by atoms with van der Waals surface area (Å²) in [5.74, 6) is 2.66. The van der Waals surface area contributed by atoms with Crippen LogP contribution in [0.15, 0.2) is 24.3 Å². The number of nitrogens with one attached hydrogen (secondary N) is 2. The minimum atomic E-state index is -0.201. The molecular weight excluding hydrogens is 700 g/mol. The Morgan fingerprint density at radius 3 is 1.09 bits per heavy atom. The summed E-state index contributed by atoms with van der Waals surface area (Å²) in [6.45, 7) is 0. The van der Waals surface area contributed by atoms with Crippen molar-refractivity contribution in [3.63, 3.8) is 0 Å². The number of carbonyl (C=O) groups excluding carboxylic acids is 4. The molecule has 5 rings (SSSR count).